The molecule has 4 saturated carbocycles. The summed E-state index contributed by atoms with van der Waals surface area (Å²) in [5, 5.41) is 33.7. The normalized spacial score (nSPS) is 46.4. The lowest BCUT2D eigenvalue weighted by molar-refractivity contribution is -0.122. The van der Waals surface area contributed by atoms with Gasteiger partial charge in [-0.3, -0.25) is 0 Å². The van der Waals surface area contributed by atoms with E-state index in [9.17, 15) is 15.3 Å². The average Bonchev–Trinajstić information content (AvgIpc) is 3.35. The molecule has 5 nitrogen and oxygen atoms in total. The van der Waals surface area contributed by atoms with Gasteiger partial charge in [0.05, 0.1) is 6.10 Å². The third-order valence-corrected chi connectivity index (χ3v) is 13.2. The van der Waals surface area contributed by atoms with Crippen molar-refractivity contribution in [1.82, 2.24) is 5.32 Å². The van der Waals surface area contributed by atoms with Crippen molar-refractivity contribution in [2.75, 3.05) is 19.8 Å². The first-order valence-electron chi connectivity index (χ1n) is 16.4. The summed E-state index contributed by atoms with van der Waals surface area (Å²) in [5.74, 6) is 4.65. The molecule has 0 radical (unpaired) electrons. The minimum Gasteiger partial charge on any atom is -0.396 e. The molecule has 5 fully saturated rings. The monoisotopic (exact) mass is 533 g/mol. The Kier molecular flexibility index (Phi) is 8.40. The lowest BCUT2D eigenvalue weighted by Gasteiger charge is -2.61. The maximum absolute atomic E-state index is 10.8. The molecule has 0 unspecified atom stereocenters. The van der Waals surface area contributed by atoms with Crippen molar-refractivity contribution in [3.05, 3.63) is 0 Å². The Morgan fingerprint density at radius 1 is 0.868 bits per heavy atom. The van der Waals surface area contributed by atoms with E-state index >= 15 is 0 Å². The summed E-state index contributed by atoms with van der Waals surface area (Å²) in [6.07, 6.45) is 14.5. The molecule has 4 N–H and O–H groups in total. The van der Waals surface area contributed by atoms with Crippen LogP contribution in [0.2, 0.25) is 0 Å². The van der Waals surface area contributed by atoms with Crippen LogP contribution >= 0.6 is 0 Å². The Hall–Kier alpha value is -0.200. The smallest absolute Gasteiger partial charge is 0.111 e. The van der Waals surface area contributed by atoms with Crippen molar-refractivity contribution in [1.29, 1.82) is 0 Å². The molecule has 0 aromatic rings. The topological polar surface area (TPSA) is 85.2 Å². The molecule has 1 heterocycles. The number of rotatable bonds is 12. The second-order valence-electron chi connectivity index (χ2n) is 15.5. The van der Waals surface area contributed by atoms with E-state index in [1.54, 1.807) is 0 Å². The third-order valence-electron chi connectivity index (χ3n) is 13.2. The predicted octanol–water partition coefficient (Wildman–Crippen LogP) is 5.69. The van der Waals surface area contributed by atoms with E-state index in [0.717, 1.165) is 55.9 Å². The number of aliphatic hydroxyl groups excluding tert-OH is 3. The second kappa shape index (κ2) is 10.9. The van der Waals surface area contributed by atoms with Gasteiger partial charge in [-0.15, -0.1) is 0 Å². The van der Waals surface area contributed by atoms with Crippen molar-refractivity contribution >= 4 is 0 Å². The first-order chi connectivity index (χ1) is 18.1. The van der Waals surface area contributed by atoms with Crippen LogP contribution in [-0.4, -0.2) is 58.4 Å². The van der Waals surface area contributed by atoms with Gasteiger partial charge in [-0.1, -0.05) is 53.9 Å². The van der Waals surface area contributed by atoms with E-state index in [4.69, 9.17) is 4.74 Å². The first kappa shape index (κ1) is 29.3. The molecule has 0 aromatic carbocycles. The Morgan fingerprint density at radius 3 is 2.29 bits per heavy atom. The number of hydrogen-bond acceptors (Lipinski definition) is 5. The first-order valence-corrected chi connectivity index (χ1v) is 16.4. The maximum atomic E-state index is 10.8. The molecular weight excluding hydrogens is 474 g/mol. The van der Waals surface area contributed by atoms with Crippen molar-refractivity contribution in [3.8, 4) is 0 Å². The highest BCUT2D eigenvalue weighted by Crippen LogP contribution is 2.78. The molecule has 1 saturated heterocycles. The highest BCUT2D eigenvalue weighted by molar-refractivity contribution is 5.31. The zero-order valence-electron chi connectivity index (χ0n) is 25.2. The summed E-state index contributed by atoms with van der Waals surface area (Å²) in [5.41, 5.74) is 0.142. The zero-order valence-corrected chi connectivity index (χ0v) is 25.2. The van der Waals surface area contributed by atoms with Gasteiger partial charge < -0.3 is 25.4 Å². The number of epoxide rings is 1. The highest BCUT2D eigenvalue weighted by atomic mass is 16.6. The second-order valence-corrected chi connectivity index (χ2v) is 15.5. The van der Waals surface area contributed by atoms with E-state index in [-0.39, 0.29) is 42.0 Å². The molecular formula is C33H59NO4. The van der Waals surface area contributed by atoms with Gasteiger partial charge in [-0.2, -0.15) is 0 Å². The minimum absolute atomic E-state index is 0.109. The zero-order chi connectivity index (χ0) is 27.3. The van der Waals surface area contributed by atoms with Crippen LogP contribution in [0.15, 0.2) is 0 Å². The third kappa shape index (κ3) is 4.63. The van der Waals surface area contributed by atoms with Crippen LogP contribution in [0.5, 0.6) is 0 Å². The largest absolute Gasteiger partial charge is 0.396 e. The lowest BCUT2D eigenvalue weighted by Crippen LogP contribution is -2.63. The number of nitrogens with one attached hydrogen (secondary N) is 1. The molecule has 1 aliphatic heterocycles. The van der Waals surface area contributed by atoms with Gasteiger partial charge in [-0.05, 0) is 98.7 Å². The van der Waals surface area contributed by atoms with Gasteiger partial charge in [0.2, 0.25) is 0 Å². The number of ether oxygens (including phenoxy) is 1. The summed E-state index contributed by atoms with van der Waals surface area (Å²) >= 11 is 0. The van der Waals surface area contributed by atoms with Gasteiger partial charge in [0.1, 0.15) is 11.2 Å². The van der Waals surface area contributed by atoms with Crippen molar-refractivity contribution in [2.24, 2.45) is 46.3 Å². The molecule has 0 bridgehead atoms. The van der Waals surface area contributed by atoms with Crippen LogP contribution in [-0.2, 0) is 4.74 Å². The van der Waals surface area contributed by atoms with Crippen LogP contribution in [0.3, 0.4) is 0 Å². The highest BCUT2D eigenvalue weighted by Gasteiger charge is 2.83. The molecule has 0 aromatic heterocycles. The Morgan fingerprint density at radius 2 is 1.61 bits per heavy atom. The fourth-order valence-corrected chi connectivity index (χ4v) is 11.2. The molecule has 5 rings (SSSR count). The molecule has 4 aliphatic carbocycles. The van der Waals surface area contributed by atoms with Gasteiger partial charge in [0.15, 0.2) is 0 Å². The van der Waals surface area contributed by atoms with Gasteiger partial charge >= 0.3 is 0 Å². The SMILES string of the molecule is CC(C)CCC[C@@H](C)[C@H]1CC[C@H]2[C@@H]3C[C@]4(CNC(CCO)CCO)O[C@@]45C[C@@H](O)CC[C@]5(C)[C@H]3CC[C@]12C. The minimum atomic E-state index is -0.261. The molecule has 1 spiro atoms. The van der Waals surface area contributed by atoms with Crippen molar-refractivity contribution in [3.63, 3.8) is 0 Å². The fraction of sp³-hybridized carbons (Fsp3) is 1.00. The quantitative estimate of drug-likeness (QED) is 0.242. The summed E-state index contributed by atoms with van der Waals surface area (Å²) in [6, 6.07) is 0.109. The molecule has 5 heteroatoms. The van der Waals surface area contributed by atoms with Gasteiger partial charge in [0.25, 0.3) is 0 Å². The number of hydrogen-bond donors (Lipinski definition) is 4. The standard InChI is InChI=1S/C33H59NO4/c1-22(2)7-6-8-23(3)27-9-10-28-26-20-32(21-34-24(13-17-35)14-18-36)33(38-32)19-25(37)11-16-31(33,5)29(26)12-15-30(27,28)4/h22-29,34-37H,6-21H2,1-5H3/t23-,25+,26+,27-,28+,29+,30-,31-,32-,33-/m1/s1. The van der Waals surface area contributed by atoms with E-state index in [1.807, 2.05) is 0 Å². The van der Waals surface area contributed by atoms with Gasteiger partial charge in [0, 0.05) is 37.6 Å². The Labute approximate surface area is 232 Å². The van der Waals surface area contributed by atoms with E-state index < -0.39 is 0 Å². The lowest BCUT2D eigenvalue weighted by atomic mass is 9.42. The van der Waals surface area contributed by atoms with Crippen LogP contribution in [0.25, 0.3) is 0 Å². The molecule has 5 aliphatic rings. The summed E-state index contributed by atoms with van der Waals surface area (Å²) in [7, 11) is 0. The summed E-state index contributed by atoms with van der Waals surface area (Å²) in [4.78, 5) is 0. The molecule has 0 amide bonds. The van der Waals surface area contributed by atoms with Crippen molar-refractivity contribution in [2.45, 2.75) is 141 Å². The molecule has 38 heavy (non-hydrogen) atoms. The number of fused-ring (bicyclic) bond motifs is 4. The van der Waals surface area contributed by atoms with E-state index in [1.165, 1.54) is 44.9 Å². The van der Waals surface area contributed by atoms with Crippen molar-refractivity contribution < 1.29 is 20.1 Å². The van der Waals surface area contributed by atoms with E-state index in [2.05, 4.69) is 39.9 Å². The molecule has 10 atom stereocenters. The number of aliphatic hydroxyl groups is 3. The Balaban J connectivity index is 1.38. The van der Waals surface area contributed by atoms with Crippen LogP contribution in [0, 0.1) is 46.3 Å². The maximum Gasteiger partial charge on any atom is 0.111 e. The Bertz CT molecular complexity index is 815. The molecule has 220 valence electrons. The van der Waals surface area contributed by atoms with Crippen LogP contribution in [0.4, 0.5) is 0 Å². The van der Waals surface area contributed by atoms with Gasteiger partial charge in [-0.25, -0.2) is 0 Å². The predicted molar refractivity (Wildman–Crippen MR) is 153 cm³/mol. The summed E-state index contributed by atoms with van der Waals surface area (Å²) in [6.45, 7) is 13.5. The summed E-state index contributed by atoms with van der Waals surface area (Å²) < 4.78 is 7.01. The van der Waals surface area contributed by atoms with E-state index in [0.29, 0.717) is 30.1 Å². The average molecular weight is 534 g/mol. The fourth-order valence-electron chi connectivity index (χ4n) is 11.2. The van der Waals surface area contributed by atoms with Crippen LogP contribution < -0.4 is 5.32 Å². The van der Waals surface area contributed by atoms with Crippen LogP contribution in [0.1, 0.15) is 118 Å².